The van der Waals surface area contributed by atoms with Crippen LogP contribution in [0.1, 0.15) is 18.4 Å². The van der Waals surface area contributed by atoms with Crippen LogP contribution < -0.4 is 10.6 Å². The van der Waals surface area contributed by atoms with Crippen LogP contribution in [0, 0.1) is 12.8 Å². The molecule has 6 heteroatoms. The lowest BCUT2D eigenvalue weighted by Gasteiger charge is -2.20. The molecule has 2 N–H and O–H groups in total. The second-order valence-electron chi connectivity index (χ2n) is 5.67. The van der Waals surface area contributed by atoms with Crippen molar-refractivity contribution in [3.05, 3.63) is 42.0 Å². The van der Waals surface area contributed by atoms with Gasteiger partial charge in [0.25, 0.3) is 0 Å². The molecular formula is C17H20N4O2. The van der Waals surface area contributed by atoms with Gasteiger partial charge in [0.05, 0.1) is 0 Å². The maximum absolute atomic E-state index is 12.1. The molecule has 120 valence electrons. The van der Waals surface area contributed by atoms with Crippen LogP contribution >= 0.6 is 0 Å². The fourth-order valence-electron chi connectivity index (χ4n) is 2.52. The number of amides is 1. The third-order valence-corrected chi connectivity index (χ3v) is 3.80. The van der Waals surface area contributed by atoms with Gasteiger partial charge in [0, 0.05) is 24.8 Å². The third-order valence-electron chi connectivity index (χ3n) is 3.80. The van der Waals surface area contributed by atoms with Gasteiger partial charge >= 0.3 is 0 Å². The van der Waals surface area contributed by atoms with E-state index in [9.17, 15) is 4.79 Å². The highest BCUT2D eigenvalue weighted by atomic mass is 16.5. The highest BCUT2D eigenvalue weighted by molar-refractivity contribution is 5.91. The first-order valence-corrected chi connectivity index (χ1v) is 7.77. The molecule has 23 heavy (non-hydrogen) atoms. The van der Waals surface area contributed by atoms with Crippen molar-refractivity contribution in [2.24, 2.45) is 5.92 Å². The number of hydrogen-bond donors (Lipinski definition) is 2. The normalized spacial score (nSPS) is 15.2. The van der Waals surface area contributed by atoms with Gasteiger partial charge in [-0.2, -0.15) is 0 Å². The van der Waals surface area contributed by atoms with Crippen molar-refractivity contribution in [3.63, 3.8) is 0 Å². The van der Waals surface area contributed by atoms with E-state index in [1.54, 1.807) is 12.1 Å². The van der Waals surface area contributed by atoms with Crippen molar-refractivity contribution >= 4 is 23.2 Å². The molecule has 0 aliphatic carbocycles. The summed E-state index contributed by atoms with van der Waals surface area (Å²) in [6.45, 7) is 3.32. The molecule has 0 saturated carbocycles. The average molecular weight is 312 g/mol. The zero-order valence-electron chi connectivity index (χ0n) is 13.1. The molecule has 0 radical (unpaired) electrons. The molecule has 1 amide bonds. The Kier molecular flexibility index (Phi) is 4.83. The van der Waals surface area contributed by atoms with Crippen LogP contribution in [0.25, 0.3) is 0 Å². The van der Waals surface area contributed by atoms with Crippen LogP contribution in [0.5, 0.6) is 0 Å². The van der Waals surface area contributed by atoms with Gasteiger partial charge in [-0.3, -0.25) is 4.79 Å². The average Bonchev–Trinajstić information content (AvgIpc) is 2.57. The summed E-state index contributed by atoms with van der Waals surface area (Å²) >= 11 is 0. The van der Waals surface area contributed by atoms with Crippen molar-refractivity contribution in [2.45, 2.75) is 19.8 Å². The van der Waals surface area contributed by atoms with E-state index >= 15 is 0 Å². The molecule has 0 bridgehead atoms. The molecule has 0 spiro atoms. The molecular weight excluding hydrogens is 292 g/mol. The van der Waals surface area contributed by atoms with Crippen LogP contribution in [-0.4, -0.2) is 29.3 Å². The summed E-state index contributed by atoms with van der Waals surface area (Å²) in [5.41, 5.74) is 2.13. The SMILES string of the molecule is Cc1cccc(Nc2ccc(NC(=O)C3CCOCC3)nn2)c1. The largest absolute Gasteiger partial charge is 0.381 e. The molecule has 1 aromatic heterocycles. The quantitative estimate of drug-likeness (QED) is 0.908. The van der Waals surface area contributed by atoms with Gasteiger partial charge in [-0.05, 0) is 49.6 Å². The highest BCUT2D eigenvalue weighted by Crippen LogP contribution is 2.18. The third kappa shape index (κ3) is 4.26. The van der Waals surface area contributed by atoms with E-state index in [-0.39, 0.29) is 11.8 Å². The zero-order chi connectivity index (χ0) is 16.1. The Hall–Kier alpha value is -2.47. The van der Waals surface area contributed by atoms with E-state index in [2.05, 4.69) is 20.8 Å². The Balaban J connectivity index is 1.59. The minimum Gasteiger partial charge on any atom is -0.381 e. The highest BCUT2D eigenvalue weighted by Gasteiger charge is 2.21. The van der Waals surface area contributed by atoms with Crippen LogP contribution in [0.15, 0.2) is 36.4 Å². The van der Waals surface area contributed by atoms with E-state index in [0.717, 1.165) is 18.5 Å². The molecule has 0 unspecified atom stereocenters. The van der Waals surface area contributed by atoms with Gasteiger partial charge in [0.1, 0.15) is 0 Å². The maximum atomic E-state index is 12.1. The van der Waals surface area contributed by atoms with Crippen LogP contribution in [0.4, 0.5) is 17.3 Å². The molecule has 1 saturated heterocycles. The van der Waals surface area contributed by atoms with Crippen LogP contribution in [-0.2, 0) is 9.53 Å². The number of carbonyl (C=O) groups is 1. The summed E-state index contributed by atoms with van der Waals surface area (Å²) in [6.07, 6.45) is 1.51. The van der Waals surface area contributed by atoms with E-state index < -0.39 is 0 Å². The van der Waals surface area contributed by atoms with Gasteiger partial charge < -0.3 is 15.4 Å². The van der Waals surface area contributed by atoms with E-state index in [4.69, 9.17) is 4.74 Å². The number of aryl methyl sites for hydroxylation is 1. The Morgan fingerprint density at radius 1 is 1.13 bits per heavy atom. The summed E-state index contributed by atoms with van der Waals surface area (Å²) in [4.78, 5) is 12.1. The molecule has 1 aliphatic rings. The Bertz CT molecular complexity index is 667. The van der Waals surface area contributed by atoms with Gasteiger partial charge in [-0.25, -0.2) is 0 Å². The number of nitrogens with one attached hydrogen (secondary N) is 2. The summed E-state index contributed by atoms with van der Waals surface area (Å²) < 4.78 is 5.26. The second kappa shape index (κ2) is 7.19. The fraction of sp³-hybridized carbons (Fsp3) is 0.353. The molecule has 2 heterocycles. The first-order valence-electron chi connectivity index (χ1n) is 7.77. The van der Waals surface area contributed by atoms with Crippen LogP contribution in [0.2, 0.25) is 0 Å². The van der Waals surface area contributed by atoms with E-state index in [1.807, 2.05) is 31.2 Å². The molecule has 0 atom stereocenters. The lowest BCUT2D eigenvalue weighted by Crippen LogP contribution is -2.28. The standard InChI is InChI=1S/C17H20N4O2/c1-12-3-2-4-14(11-12)18-15-5-6-16(21-20-15)19-17(22)13-7-9-23-10-8-13/h2-6,11,13H,7-10H2,1H3,(H,18,20)(H,19,21,22). The number of benzene rings is 1. The summed E-state index contributed by atoms with van der Waals surface area (Å²) in [5.74, 6) is 1.09. The van der Waals surface area contributed by atoms with Crippen LogP contribution in [0.3, 0.4) is 0 Å². The molecule has 1 aromatic carbocycles. The maximum Gasteiger partial charge on any atom is 0.228 e. The fourth-order valence-corrected chi connectivity index (χ4v) is 2.52. The molecule has 2 aromatic rings. The van der Waals surface area contributed by atoms with Gasteiger partial charge in [-0.15, -0.1) is 10.2 Å². The smallest absolute Gasteiger partial charge is 0.228 e. The monoisotopic (exact) mass is 312 g/mol. The zero-order valence-corrected chi connectivity index (χ0v) is 13.1. The number of hydrogen-bond acceptors (Lipinski definition) is 5. The number of nitrogens with zero attached hydrogens (tertiary/aromatic N) is 2. The van der Waals surface area contributed by atoms with Gasteiger partial charge in [-0.1, -0.05) is 12.1 Å². The predicted octanol–water partition coefficient (Wildman–Crippen LogP) is 2.89. The van der Waals surface area contributed by atoms with E-state index in [1.165, 1.54) is 5.56 Å². The Labute approximate surface area is 135 Å². The van der Waals surface area contributed by atoms with Crippen molar-refractivity contribution in [2.75, 3.05) is 23.8 Å². The minimum absolute atomic E-state index is 0.00403. The topological polar surface area (TPSA) is 76.1 Å². The number of carbonyl (C=O) groups excluding carboxylic acids is 1. The number of anilines is 3. The minimum atomic E-state index is -0.0120. The second-order valence-corrected chi connectivity index (χ2v) is 5.67. The van der Waals surface area contributed by atoms with E-state index in [0.29, 0.717) is 24.8 Å². The van der Waals surface area contributed by atoms with Gasteiger partial charge in [0.15, 0.2) is 11.6 Å². The van der Waals surface area contributed by atoms with Crippen molar-refractivity contribution in [1.29, 1.82) is 0 Å². The first kappa shape index (κ1) is 15.4. The first-order chi connectivity index (χ1) is 11.2. The molecule has 1 fully saturated rings. The molecule has 6 nitrogen and oxygen atoms in total. The number of rotatable bonds is 4. The van der Waals surface area contributed by atoms with Gasteiger partial charge in [0.2, 0.25) is 5.91 Å². The van der Waals surface area contributed by atoms with Crippen molar-refractivity contribution < 1.29 is 9.53 Å². The number of ether oxygens (including phenoxy) is 1. The number of aromatic nitrogens is 2. The summed E-state index contributed by atoms with van der Waals surface area (Å²) in [6, 6.07) is 11.6. The Morgan fingerprint density at radius 2 is 1.87 bits per heavy atom. The lowest BCUT2D eigenvalue weighted by molar-refractivity contribution is -0.122. The summed E-state index contributed by atoms with van der Waals surface area (Å²) in [5, 5.41) is 14.2. The van der Waals surface area contributed by atoms with Crippen molar-refractivity contribution in [1.82, 2.24) is 10.2 Å². The lowest BCUT2D eigenvalue weighted by atomic mass is 9.99. The molecule has 1 aliphatic heterocycles. The van der Waals surface area contributed by atoms with Crippen molar-refractivity contribution in [3.8, 4) is 0 Å². The predicted molar refractivity (Wildman–Crippen MR) is 88.7 cm³/mol. The molecule has 3 rings (SSSR count). The summed E-state index contributed by atoms with van der Waals surface area (Å²) in [7, 11) is 0. The Morgan fingerprint density at radius 3 is 2.57 bits per heavy atom.